The van der Waals surface area contributed by atoms with Crippen LogP contribution in [0.5, 0.6) is 5.75 Å². The molecule has 0 saturated heterocycles. The number of fused-ring (bicyclic) bond motifs is 1. The summed E-state index contributed by atoms with van der Waals surface area (Å²) in [6.45, 7) is 1.39. The maximum atomic E-state index is 12.6. The van der Waals surface area contributed by atoms with E-state index in [-0.39, 0.29) is 5.56 Å². The maximum absolute atomic E-state index is 12.6. The molecule has 1 heterocycles. The van der Waals surface area contributed by atoms with Crippen LogP contribution in [0.1, 0.15) is 17.3 Å². The lowest BCUT2D eigenvalue weighted by Crippen LogP contribution is -2.56. The highest BCUT2D eigenvalue weighted by molar-refractivity contribution is 6.19. The van der Waals surface area contributed by atoms with E-state index in [1.54, 1.807) is 42.5 Å². The van der Waals surface area contributed by atoms with Gasteiger partial charge in [0, 0.05) is 5.69 Å². The Morgan fingerprint density at radius 1 is 1.16 bits per heavy atom. The molecule has 1 aliphatic heterocycles. The largest absolute Gasteiger partial charge is 0.466 e. The van der Waals surface area contributed by atoms with Gasteiger partial charge in [-0.2, -0.15) is 0 Å². The third kappa shape index (κ3) is 3.03. The standard InChI is InChI=1S/C18H16N2O5/c1-18(17(23)20-13-8-3-4-9-14(13)25-18)16(22)19-12-7-5-6-11(10-12)15(21)24-2/h3-10H,1-2H3,(H,19,22)(H,20,23)/t18-/m0/s1. The second-order valence-corrected chi connectivity index (χ2v) is 5.61. The van der Waals surface area contributed by atoms with Crippen LogP contribution in [0, 0.1) is 0 Å². The number of esters is 1. The third-order valence-electron chi connectivity index (χ3n) is 3.86. The van der Waals surface area contributed by atoms with Crippen molar-refractivity contribution in [1.82, 2.24) is 0 Å². The summed E-state index contributed by atoms with van der Waals surface area (Å²) in [6, 6.07) is 13.1. The molecule has 3 rings (SSSR count). The molecule has 0 saturated carbocycles. The van der Waals surface area contributed by atoms with Gasteiger partial charge in [0.15, 0.2) is 0 Å². The van der Waals surface area contributed by atoms with E-state index in [0.717, 1.165) is 0 Å². The van der Waals surface area contributed by atoms with Gasteiger partial charge in [0.25, 0.3) is 17.4 Å². The quantitative estimate of drug-likeness (QED) is 0.660. The predicted octanol–water partition coefficient (Wildman–Crippen LogP) is 2.20. The second-order valence-electron chi connectivity index (χ2n) is 5.61. The van der Waals surface area contributed by atoms with Crippen LogP contribution in [0.4, 0.5) is 11.4 Å². The summed E-state index contributed by atoms with van der Waals surface area (Å²) in [5, 5.41) is 5.26. The first-order chi connectivity index (χ1) is 11.9. The van der Waals surface area contributed by atoms with E-state index in [4.69, 9.17) is 4.74 Å². The van der Waals surface area contributed by atoms with Crippen LogP contribution < -0.4 is 15.4 Å². The van der Waals surface area contributed by atoms with Crippen molar-refractivity contribution in [2.24, 2.45) is 0 Å². The molecule has 2 amide bonds. The highest BCUT2D eigenvalue weighted by Gasteiger charge is 2.47. The Morgan fingerprint density at radius 2 is 1.92 bits per heavy atom. The van der Waals surface area contributed by atoms with Crippen LogP contribution in [0.25, 0.3) is 0 Å². The molecule has 2 aromatic rings. The summed E-state index contributed by atoms with van der Waals surface area (Å²) in [4.78, 5) is 36.6. The van der Waals surface area contributed by atoms with Crippen molar-refractivity contribution in [1.29, 1.82) is 0 Å². The molecule has 128 valence electrons. The predicted molar refractivity (Wildman–Crippen MR) is 90.5 cm³/mol. The van der Waals surface area contributed by atoms with E-state index in [1.807, 2.05) is 0 Å². The number of anilines is 2. The van der Waals surface area contributed by atoms with E-state index in [2.05, 4.69) is 15.4 Å². The Kier molecular flexibility index (Phi) is 4.14. The van der Waals surface area contributed by atoms with Gasteiger partial charge >= 0.3 is 5.97 Å². The molecule has 0 unspecified atom stereocenters. The van der Waals surface area contributed by atoms with E-state index in [0.29, 0.717) is 17.1 Å². The lowest BCUT2D eigenvalue weighted by atomic mass is 10.0. The van der Waals surface area contributed by atoms with Crippen LogP contribution in [-0.2, 0) is 14.3 Å². The molecular weight excluding hydrogens is 324 g/mol. The second kappa shape index (κ2) is 6.27. The number of nitrogens with one attached hydrogen (secondary N) is 2. The fourth-order valence-electron chi connectivity index (χ4n) is 2.41. The molecule has 0 fully saturated rings. The zero-order valence-corrected chi connectivity index (χ0v) is 13.7. The molecule has 2 aromatic carbocycles. The summed E-state index contributed by atoms with van der Waals surface area (Å²) in [5.74, 6) is -1.35. The minimum absolute atomic E-state index is 0.282. The smallest absolute Gasteiger partial charge is 0.337 e. The average Bonchev–Trinajstić information content (AvgIpc) is 2.62. The highest BCUT2D eigenvalue weighted by Crippen LogP contribution is 2.33. The number of methoxy groups -OCH3 is 1. The summed E-state index contributed by atoms with van der Waals surface area (Å²) >= 11 is 0. The number of para-hydroxylation sites is 2. The first kappa shape index (κ1) is 16.5. The molecule has 0 radical (unpaired) electrons. The van der Waals surface area contributed by atoms with Crippen LogP contribution >= 0.6 is 0 Å². The van der Waals surface area contributed by atoms with Crippen molar-refractivity contribution in [3.05, 3.63) is 54.1 Å². The van der Waals surface area contributed by atoms with Crippen LogP contribution in [-0.4, -0.2) is 30.5 Å². The van der Waals surface area contributed by atoms with E-state index < -0.39 is 23.4 Å². The van der Waals surface area contributed by atoms with Crippen LogP contribution in [0.3, 0.4) is 0 Å². The fraction of sp³-hybridized carbons (Fsp3) is 0.167. The fourth-order valence-corrected chi connectivity index (χ4v) is 2.41. The number of carbonyl (C=O) groups excluding carboxylic acids is 3. The number of rotatable bonds is 3. The molecule has 1 aliphatic rings. The maximum Gasteiger partial charge on any atom is 0.337 e. The van der Waals surface area contributed by atoms with Gasteiger partial charge in [-0.1, -0.05) is 18.2 Å². The lowest BCUT2D eigenvalue weighted by molar-refractivity contribution is -0.143. The molecule has 0 bridgehead atoms. The van der Waals surface area contributed by atoms with Crippen molar-refractivity contribution < 1.29 is 23.9 Å². The monoisotopic (exact) mass is 340 g/mol. The molecule has 25 heavy (non-hydrogen) atoms. The molecule has 1 atom stereocenters. The van der Waals surface area contributed by atoms with Crippen LogP contribution in [0.15, 0.2) is 48.5 Å². The molecule has 0 spiro atoms. The Balaban J connectivity index is 1.84. The van der Waals surface area contributed by atoms with Crippen LogP contribution in [0.2, 0.25) is 0 Å². The van der Waals surface area contributed by atoms with Crippen molar-refractivity contribution in [2.45, 2.75) is 12.5 Å². The minimum Gasteiger partial charge on any atom is -0.466 e. The number of amides is 2. The van der Waals surface area contributed by atoms with Gasteiger partial charge in [0.1, 0.15) is 5.75 Å². The molecule has 2 N–H and O–H groups in total. The molecule has 7 nitrogen and oxygen atoms in total. The average molecular weight is 340 g/mol. The summed E-state index contributed by atoms with van der Waals surface area (Å²) < 4.78 is 10.3. The zero-order valence-electron chi connectivity index (χ0n) is 13.7. The van der Waals surface area contributed by atoms with Gasteiger partial charge in [-0.05, 0) is 37.3 Å². The van der Waals surface area contributed by atoms with Crippen molar-refractivity contribution in [3.8, 4) is 5.75 Å². The lowest BCUT2D eigenvalue weighted by Gasteiger charge is -2.33. The third-order valence-corrected chi connectivity index (χ3v) is 3.86. The topological polar surface area (TPSA) is 93.7 Å². The van der Waals surface area contributed by atoms with Gasteiger partial charge in [-0.3, -0.25) is 9.59 Å². The Hall–Kier alpha value is -3.35. The minimum atomic E-state index is -1.74. The van der Waals surface area contributed by atoms with Gasteiger partial charge in [0.05, 0.1) is 18.4 Å². The number of hydrogen-bond donors (Lipinski definition) is 2. The van der Waals surface area contributed by atoms with Gasteiger partial charge in [-0.15, -0.1) is 0 Å². The zero-order chi connectivity index (χ0) is 18.0. The Bertz CT molecular complexity index is 864. The molecule has 7 heteroatoms. The van der Waals surface area contributed by atoms with Crippen molar-refractivity contribution >= 4 is 29.2 Å². The molecule has 0 aromatic heterocycles. The number of benzene rings is 2. The van der Waals surface area contributed by atoms with E-state index >= 15 is 0 Å². The summed E-state index contributed by atoms with van der Waals surface area (Å²) in [6.07, 6.45) is 0. The molecule has 0 aliphatic carbocycles. The Morgan fingerprint density at radius 3 is 2.68 bits per heavy atom. The van der Waals surface area contributed by atoms with Gasteiger partial charge < -0.3 is 20.1 Å². The van der Waals surface area contributed by atoms with Gasteiger partial charge in [0.2, 0.25) is 0 Å². The number of hydrogen-bond acceptors (Lipinski definition) is 5. The number of carbonyl (C=O) groups is 3. The summed E-state index contributed by atoms with van der Waals surface area (Å²) in [7, 11) is 1.27. The SMILES string of the molecule is COC(=O)c1cccc(NC(=O)[C@]2(C)Oc3ccccc3NC2=O)c1. The Labute approximate surface area is 143 Å². The highest BCUT2D eigenvalue weighted by atomic mass is 16.5. The first-order valence-electron chi connectivity index (χ1n) is 7.53. The van der Waals surface area contributed by atoms with E-state index in [1.165, 1.54) is 20.1 Å². The van der Waals surface area contributed by atoms with Crippen molar-refractivity contribution in [2.75, 3.05) is 17.7 Å². The normalized spacial score (nSPS) is 18.4. The summed E-state index contributed by atoms with van der Waals surface area (Å²) in [5.41, 5.74) is -0.602. The number of ether oxygens (including phenoxy) is 2. The van der Waals surface area contributed by atoms with Gasteiger partial charge in [-0.25, -0.2) is 4.79 Å². The van der Waals surface area contributed by atoms with E-state index in [9.17, 15) is 14.4 Å². The molecular formula is C18H16N2O5. The van der Waals surface area contributed by atoms with Crippen molar-refractivity contribution in [3.63, 3.8) is 0 Å². The first-order valence-corrected chi connectivity index (χ1v) is 7.53.